The number of nitrogens with one attached hydrogen (secondary N) is 2. The third kappa shape index (κ3) is 4.90. The predicted octanol–water partition coefficient (Wildman–Crippen LogP) is 4.23. The minimum absolute atomic E-state index is 0.0421. The van der Waals surface area contributed by atoms with E-state index >= 15 is 0 Å². The highest BCUT2D eigenvalue weighted by molar-refractivity contribution is 6.39. The van der Waals surface area contributed by atoms with Crippen molar-refractivity contribution in [2.24, 2.45) is 5.92 Å². The SMILES string of the molecule is Cc1ncc(NC(=O)C(=O)N2C[C@@H](C)CCC2c2ccc3c(c2)CCC(=O)N3)cc1C(F)(F)F. The van der Waals surface area contributed by atoms with Crippen LogP contribution in [0.15, 0.2) is 30.5 Å². The van der Waals surface area contributed by atoms with Gasteiger partial charge in [-0.25, -0.2) is 0 Å². The number of aryl methyl sites for hydroxylation is 2. The summed E-state index contributed by atoms with van der Waals surface area (Å²) in [5.41, 5.74) is 1.19. The second-order valence-corrected chi connectivity index (χ2v) is 8.93. The van der Waals surface area contributed by atoms with Crippen molar-refractivity contribution >= 4 is 29.1 Å². The number of nitrogens with zero attached hydrogens (tertiary/aromatic N) is 2. The highest BCUT2D eigenvalue weighted by Crippen LogP contribution is 2.36. The van der Waals surface area contributed by atoms with E-state index in [0.29, 0.717) is 25.8 Å². The molecule has 4 rings (SSSR count). The normalized spacial score (nSPS) is 20.4. The van der Waals surface area contributed by atoms with Crippen LogP contribution in [0.25, 0.3) is 0 Å². The number of piperidine rings is 1. The van der Waals surface area contributed by atoms with Crippen LogP contribution in [-0.2, 0) is 27.0 Å². The molecule has 0 saturated carbocycles. The number of hydrogen-bond donors (Lipinski definition) is 2. The molecule has 2 aliphatic heterocycles. The zero-order chi connectivity index (χ0) is 24.6. The minimum Gasteiger partial charge on any atom is -0.327 e. The van der Waals surface area contributed by atoms with Crippen LogP contribution in [0.2, 0.25) is 0 Å². The molecule has 7 nitrogen and oxygen atoms in total. The van der Waals surface area contributed by atoms with Gasteiger partial charge in [0.2, 0.25) is 5.91 Å². The molecule has 2 atom stereocenters. The second kappa shape index (κ2) is 9.08. The van der Waals surface area contributed by atoms with E-state index in [9.17, 15) is 27.6 Å². The molecule has 1 aromatic heterocycles. The zero-order valence-corrected chi connectivity index (χ0v) is 18.8. The number of hydrogen-bond acceptors (Lipinski definition) is 4. The second-order valence-electron chi connectivity index (χ2n) is 8.93. The van der Waals surface area contributed by atoms with Crippen molar-refractivity contribution in [1.82, 2.24) is 9.88 Å². The molecule has 2 aliphatic rings. The molecular formula is C24H25F3N4O3. The van der Waals surface area contributed by atoms with Crippen LogP contribution in [0.1, 0.15) is 54.6 Å². The summed E-state index contributed by atoms with van der Waals surface area (Å²) in [6, 6.07) is 6.02. The first kappa shape index (κ1) is 23.7. The number of amides is 3. The van der Waals surface area contributed by atoms with Gasteiger partial charge < -0.3 is 15.5 Å². The van der Waals surface area contributed by atoms with Crippen molar-refractivity contribution in [3.05, 3.63) is 52.8 Å². The Bertz CT molecular complexity index is 1150. The highest BCUT2D eigenvalue weighted by atomic mass is 19.4. The number of carbonyl (C=O) groups excluding carboxylic acids is 3. The largest absolute Gasteiger partial charge is 0.418 e. The van der Waals surface area contributed by atoms with Gasteiger partial charge in [0.15, 0.2) is 0 Å². The van der Waals surface area contributed by atoms with E-state index in [1.54, 1.807) is 6.07 Å². The fraction of sp³-hybridized carbons (Fsp3) is 0.417. The third-order valence-corrected chi connectivity index (χ3v) is 6.33. The van der Waals surface area contributed by atoms with Crippen LogP contribution in [0.5, 0.6) is 0 Å². The Morgan fingerprint density at radius 1 is 1.18 bits per heavy atom. The van der Waals surface area contributed by atoms with Crippen molar-refractivity contribution in [3.63, 3.8) is 0 Å². The van der Waals surface area contributed by atoms with E-state index in [-0.39, 0.29) is 29.2 Å². The first-order valence-corrected chi connectivity index (χ1v) is 11.1. The zero-order valence-electron chi connectivity index (χ0n) is 18.8. The van der Waals surface area contributed by atoms with E-state index in [4.69, 9.17) is 0 Å². The molecule has 0 spiro atoms. The van der Waals surface area contributed by atoms with Gasteiger partial charge in [-0.15, -0.1) is 0 Å². The van der Waals surface area contributed by atoms with Crippen LogP contribution < -0.4 is 10.6 Å². The topological polar surface area (TPSA) is 91.4 Å². The third-order valence-electron chi connectivity index (χ3n) is 6.33. The Hall–Kier alpha value is -3.43. The molecule has 180 valence electrons. The van der Waals surface area contributed by atoms with E-state index < -0.39 is 23.6 Å². The summed E-state index contributed by atoms with van der Waals surface area (Å²) in [6.45, 7) is 3.56. The Balaban J connectivity index is 1.56. The first-order valence-electron chi connectivity index (χ1n) is 11.1. The van der Waals surface area contributed by atoms with E-state index in [1.165, 1.54) is 11.8 Å². The minimum atomic E-state index is -4.62. The van der Waals surface area contributed by atoms with Gasteiger partial charge in [-0.1, -0.05) is 19.1 Å². The first-order chi connectivity index (χ1) is 16.0. The molecule has 3 heterocycles. The van der Waals surface area contributed by atoms with Crippen LogP contribution in [0, 0.1) is 12.8 Å². The fourth-order valence-corrected chi connectivity index (χ4v) is 4.54. The number of carbonyl (C=O) groups is 3. The standard InChI is InChI=1S/C24H25F3N4O3/c1-13-3-7-20(16-4-6-19-15(9-16)5-8-21(32)30-19)31(12-13)23(34)22(33)29-17-10-18(24(25,26)27)14(2)28-11-17/h4,6,9-11,13,20H,3,5,7-8,12H2,1-2H3,(H,29,33)(H,30,32)/t13-,20?/m0/s1. The van der Waals surface area contributed by atoms with E-state index in [2.05, 4.69) is 15.6 Å². The lowest BCUT2D eigenvalue weighted by Gasteiger charge is -2.39. The Morgan fingerprint density at radius 3 is 2.68 bits per heavy atom. The van der Waals surface area contributed by atoms with Gasteiger partial charge in [0.1, 0.15) is 0 Å². The summed E-state index contributed by atoms with van der Waals surface area (Å²) in [5, 5.41) is 5.11. The van der Waals surface area contributed by atoms with Crippen LogP contribution >= 0.6 is 0 Å². The summed E-state index contributed by atoms with van der Waals surface area (Å²) in [7, 11) is 0. The molecular weight excluding hydrogens is 449 g/mol. The summed E-state index contributed by atoms with van der Waals surface area (Å²) in [4.78, 5) is 42.7. The smallest absolute Gasteiger partial charge is 0.327 e. The lowest BCUT2D eigenvalue weighted by molar-refractivity contribution is -0.146. The lowest BCUT2D eigenvalue weighted by Crippen LogP contribution is -2.46. The van der Waals surface area contributed by atoms with Crippen LogP contribution in [0.4, 0.5) is 24.5 Å². The molecule has 1 unspecified atom stereocenters. The molecule has 2 N–H and O–H groups in total. The number of likely N-dealkylation sites (tertiary alicyclic amines) is 1. The average molecular weight is 474 g/mol. The van der Waals surface area contributed by atoms with Crippen molar-refractivity contribution in [3.8, 4) is 0 Å². The van der Waals surface area contributed by atoms with Gasteiger partial charge >= 0.3 is 18.0 Å². The average Bonchev–Trinajstić information content (AvgIpc) is 2.78. The number of aromatic nitrogens is 1. The molecule has 1 aromatic carbocycles. The number of fused-ring (bicyclic) bond motifs is 1. The van der Waals surface area contributed by atoms with Crippen LogP contribution in [-0.4, -0.2) is 34.2 Å². The molecule has 0 aliphatic carbocycles. The quantitative estimate of drug-likeness (QED) is 0.638. The summed E-state index contributed by atoms with van der Waals surface area (Å²) >= 11 is 0. The van der Waals surface area contributed by atoms with E-state index in [0.717, 1.165) is 35.5 Å². The number of alkyl halides is 3. The van der Waals surface area contributed by atoms with Crippen molar-refractivity contribution < 1.29 is 27.6 Å². The monoisotopic (exact) mass is 474 g/mol. The molecule has 2 aromatic rings. The number of halogens is 3. The Labute approximate surface area is 194 Å². The van der Waals surface area contributed by atoms with Crippen LogP contribution in [0.3, 0.4) is 0 Å². The molecule has 0 bridgehead atoms. The van der Waals surface area contributed by atoms with E-state index in [1.807, 2.05) is 19.1 Å². The molecule has 0 radical (unpaired) electrons. The summed E-state index contributed by atoms with van der Waals surface area (Å²) in [6.07, 6.45) is -1.04. The highest BCUT2D eigenvalue weighted by Gasteiger charge is 2.36. The molecule has 1 saturated heterocycles. The van der Waals surface area contributed by atoms with Gasteiger partial charge in [-0.3, -0.25) is 19.4 Å². The lowest BCUT2D eigenvalue weighted by atomic mass is 9.88. The van der Waals surface area contributed by atoms with Crippen molar-refractivity contribution in [2.75, 3.05) is 17.2 Å². The fourth-order valence-electron chi connectivity index (χ4n) is 4.54. The summed E-state index contributed by atoms with van der Waals surface area (Å²) in [5.74, 6) is -1.69. The summed E-state index contributed by atoms with van der Waals surface area (Å²) < 4.78 is 39.6. The van der Waals surface area contributed by atoms with Gasteiger partial charge in [-0.05, 0) is 55.4 Å². The predicted molar refractivity (Wildman–Crippen MR) is 119 cm³/mol. The Kier molecular flexibility index (Phi) is 6.33. The van der Waals surface area contributed by atoms with Gasteiger partial charge in [0, 0.05) is 24.3 Å². The molecule has 10 heteroatoms. The maximum absolute atomic E-state index is 13.2. The molecule has 34 heavy (non-hydrogen) atoms. The number of anilines is 2. The van der Waals surface area contributed by atoms with Gasteiger partial charge in [0.25, 0.3) is 0 Å². The number of benzene rings is 1. The Morgan fingerprint density at radius 2 is 1.94 bits per heavy atom. The van der Waals surface area contributed by atoms with Crippen molar-refractivity contribution in [1.29, 1.82) is 0 Å². The maximum Gasteiger partial charge on any atom is 0.418 e. The van der Waals surface area contributed by atoms with Gasteiger partial charge in [-0.2, -0.15) is 13.2 Å². The number of pyridine rings is 1. The number of rotatable bonds is 2. The molecule has 1 fully saturated rings. The maximum atomic E-state index is 13.2. The van der Waals surface area contributed by atoms with Crippen molar-refractivity contribution in [2.45, 2.75) is 51.7 Å². The van der Waals surface area contributed by atoms with Gasteiger partial charge in [0.05, 0.1) is 23.5 Å². The molecule has 3 amide bonds.